The third kappa shape index (κ3) is 5.55. The Labute approximate surface area is 84.8 Å². The Balaban J connectivity index is 3.69. The Morgan fingerprint density at radius 3 is 2.64 bits per heavy atom. The summed E-state index contributed by atoms with van der Waals surface area (Å²) in [7, 11) is 0. The Kier molecular flexibility index (Phi) is 7.86. The Bertz CT molecular complexity index is 198. The highest BCUT2D eigenvalue weighted by molar-refractivity contribution is 5.75. The van der Waals surface area contributed by atoms with Crippen LogP contribution in [0.15, 0.2) is 0 Å². The van der Waals surface area contributed by atoms with Gasteiger partial charge in [-0.25, -0.2) is 0 Å². The molecule has 14 heavy (non-hydrogen) atoms. The lowest BCUT2D eigenvalue weighted by atomic mass is 10.1. The quantitative estimate of drug-likeness (QED) is 0.460. The van der Waals surface area contributed by atoms with Crippen molar-refractivity contribution in [2.75, 3.05) is 19.8 Å². The molecular weight excluding hydrogens is 182 g/mol. The van der Waals surface area contributed by atoms with Gasteiger partial charge in [0, 0.05) is 13.2 Å². The van der Waals surface area contributed by atoms with Crippen molar-refractivity contribution in [3.8, 4) is 6.07 Å². The van der Waals surface area contributed by atoms with Crippen molar-refractivity contribution in [2.45, 2.75) is 26.7 Å². The average molecular weight is 199 g/mol. The number of carbonyl (C=O) groups excluding carboxylic acids is 1. The van der Waals surface area contributed by atoms with Gasteiger partial charge in [-0.05, 0) is 26.7 Å². The highest BCUT2D eigenvalue weighted by Gasteiger charge is 2.18. The zero-order valence-corrected chi connectivity index (χ0v) is 8.78. The lowest BCUT2D eigenvalue weighted by molar-refractivity contribution is -0.146. The normalized spacial score (nSPS) is 11.8. The van der Waals surface area contributed by atoms with Crippen LogP contribution in [0, 0.1) is 17.2 Å². The molecule has 1 atom stereocenters. The lowest BCUT2D eigenvalue weighted by Gasteiger charge is -2.07. The van der Waals surface area contributed by atoms with Gasteiger partial charge in [0.25, 0.3) is 0 Å². The fourth-order valence-electron chi connectivity index (χ4n) is 1.01. The molecule has 0 aliphatic heterocycles. The zero-order valence-electron chi connectivity index (χ0n) is 8.78. The topological polar surface area (TPSA) is 59.3 Å². The van der Waals surface area contributed by atoms with Crippen LogP contribution in [0.5, 0.6) is 0 Å². The molecule has 0 heterocycles. The number of ether oxygens (including phenoxy) is 2. The second-order valence-electron chi connectivity index (χ2n) is 2.77. The number of hydrogen-bond donors (Lipinski definition) is 0. The van der Waals surface area contributed by atoms with Gasteiger partial charge in [-0.15, -0.1) is 0 Å². The van der Waals surface area contributed by atoms with E-state index in [1.54, 1.807) is 6.92 Å². The van der Waals surface area contributed by atoms with Gasteiger partial charge in [-0.2, -0.15) is 5.26 Å². The van der Waals surface area contributed by atoms with E-state index in [1.165, 1.54) is 0 Å². The predicted molar refractivity (Wildman–Crippen MR) is 51.5 cm³/mol. The molecule has 0 saturated heterocycles. The molecule has 0 aromatic heterocycles. The summed E-state index contributed by atoms with van der Waals surface area (Å²) in [4.78, 5) is 11.2. The molecule has 1 unspecified atom stereocenters. The van der Waals surface area contributed by atoms with Gasteiger partial charge in [-0.3, -0.25) is 4.79 Å². The molecule has 0 spiro atoms. The molecule has 0 fully saturated rings. The van der Waals surface area contributed by atoms with E-state index in [0.717, 1.165) is 0 Å². The molecule has 0 bridgehead atoms. The monoisotopic (exact) mass is 199 g/mol. The summed E-state index contributed by atoms with van der Waals surface area (Å²) in [5.41, 5.74) is 0. The molecule has 0 aliphatic carbocycles. The summed E-state index contributed by atoms with van der Waals surface area (Å²) in [5.74, 6) is -1.07. The first-order valence-electron chi connectivity index (χ1n) is 4.90. The molecule has 0 amide bonds. The molecule has 0 N–H and O–H groups in total. The zero-order chi connectivity index (χ0) is 10.8. The van der Waals surface area contributed by atoms with Gasteiger partial charge in [0.05, 0.1) is 12.7 Å². The van der Waals surface area contributed by atoms with Crippen LogP contribution in [0.3, 0.4) is 0 Å². The van der Waals surface area contributed by atoms with Crippen LogP contribution in [0.4, 0.5) is 0 Å². The van der Waals surface area contributed by atoms with Gasteiger partial charge in [0.1, 0.15) is 5.92 Å². The number of nitrogens with zero attached hydrogens (tertiary/aromatic N) is 1. The van der Waals surface area contributed by atoms with E-state index in [1.807, 2.05) is 13.0 Å². The van der Waals surface area contributed by atoms with Crippen LogP contribution in [0.2, 0.25) is 0 Å². The maximum Gasteiger partial charge on any atom is 0.323 e. The third-order valence-electron chi connectivity index (χ3n) is 1.71. The van der Waals surface area contributed by atoms with Crippen molar-refractivity contribution < 1.29 is 14.3 Å². The molecule has 0 aliphatic rings. The fourth-order valence-corrected chi connectivity index (χ4v) is 1.01. The molecule has 0 aromatic rings. The van der Waals surface area contributed by atoms with E-state index in [-0.39, 0.29) is 0 Å². The van der Waals surface area contributed by atoms with E-state index in [4.69, 9.17) is 14.7 Å². The molecule has 4 nitrogen and oxygen atoms in total. The van der Waals surface area contributed by atoms with Crippen molar-refractivity contribution in [1.29, 1.82) is 5.26 Å². The summed E-state index contributed by atoms with van der Waals surface area (Å²) in [6, 6.07) is 1.93. The van der Waals surface area contributed by atoms with Crippen LogP contribution in [0.1, 0.15) is 26.7 Å². The second kappa shape index (κ2) is 8.52. The average Bonchev–Trinajstić information content (AvgIpc) is 2.18. The van der Waals surface area contributed by atoms with Crippen LogP contribution >= 0.6 is 0 Å². The van der Waals surface area contributed by atoms with Crippen LogP contribution in [-0.2, 0) is 14.3 Å². The molecule has 4 heteroatoms. The SMILES string of the molecule is CCOCCCC(C#N)C(=O)OCC. The number of hydrogen-bond acceptors (Lipinski definition) is 4. The minimum atomic E-state index is -0.643. The fraction of sp³-hybridized carbons (Fsp3) is 0.800. The minimum absolute atomic E-state index is 0.322. The van der Waals surface area contributed by atoms with Crippen LogP contribution in [-0.4, -0.2) is 25.8 Å². The highest BCUT2D eigenvalue weighted by atomic mass is 16.5. The van der Waals surface area contributed by atoms with Gasteiger partial charge < -0.3 is 9.47 Å². The number of rotatable bonds is 7. The Morgan fingerprint density at radius 1 is 1.43 bits per heavy atom. The maximum absolute atomic E-state index is 11.2. The van der Waals surface area contributed by atoms with E-state index in [9.17, 15) is 4.79 Å². The highest BCUT2D eigenvalue weighted by Crippen LogP contribution is 2.07. The Hall–Kier alpha value is -1.08. The van der Waals surface area contributed by atoms with Crippen molar-refractivity contribution >= 4 is 5.97 Å². The minimum Gasteiger partial charge on any atom is -0.465 e. The first-order chi connectivity index (χ1) is 6.76. The van der Waals surface area contributed by atoms with Crippen molar-refractivity contribution in [2.24, 2.45) is 5.92 Å². The van der Waals surface area contributed by atoms with Gasteiger partial charge in [-0.1, -0.05) is 0 Å². The van der Waals surface area contributed by atoms with E-state index in [0.29, 0.717) is 32.7 Å². The Morgan fingerprint density at radius 2 is 2.14 bits per heavy atom. The smallest absolute Gasteiger partial charge is 0.323 e. The first kappa shape index (κ1) is 12.9. The summed E-state index contributed by atoms with van der Waals surface area (Å²) in [6.45, 7) is 5.22. The van der Waals surface area contributed by atoms with Gasteiger partial charge >= 0.3 is 5.97 Å². The first-order valence-corrected chi connectivity index (χ1v) is 4.90. The van der Waals surface area contributed by atoms with Crippen molar-refractivity contribution in [3.05, 3.63) is 0 Å². The summed E-state index contributed by atoms with van der Waals surface area (Å²) in [6.07, 6.45) is 1.22. The molecular formula is C10H17NO3. The molecule has 0 rings (SSSR count). The molecule has 0 radical (unpaired) electrons. The standard InChI is InChI=1S/C10H17NO3/c1-3-13-7-5-6-9(8-11)10(12)14-4-2/h9H,3-7H2,1-2H3. The summed E-state index contributed by atoms with van der Waals surface area (Å²) >= 11 is 0. The predicted octanol–water partition coefficient (Wildman–Crippen LogP) is 1.51. The molecule has 0 saturated carbocycles. The van der Waals surface area contributed by atoms with E-state index in [2.05, 4.69) is 0 Å². The molecule has 80 valence electrons. The van der Waals surface area contributed by atoms with Crippen LogP contribution < -0.4 is 0 Å². The third-order valence-corrected chi connectivity index (χ3v) is 1.71. The maximum atomic E-state index is 11.2. The van der Waals surface area contributed by atoms with E-state index >= 15 is 0 Å². The lowest BCUT2D eigenvalue weighted by Crippen LogP contribution is -2.16. The number of carbonyl (C=O) groups is 1. The van der Waals surface area contributed by atoms with Crippen molar-refractivity contribution in [3.63, 3.8) is 0 Å². The van der Waals surface area contributed by atoms with Gasteiger partial charge in [0.15, 0.2) is 0 Å². The second-order valence-corrected chi connectivity index (χ2v) is 2.77. The molecule has 0 aromatic carbocycles. The van der Waals surface area contributed by atoms with Crippen molar-refractivity contribution in [1.82, 2.24) is 0 Å². The summed E-state index contributed by atoms with van der Waals surface area (Å²) < 4.78 is 9.86. The summed E-state index contributed by atoms with van der Waals surface area (Å²) in [5, 5.41) is 8.69. The van der Waals surface area contributed by atoms with Gasteiger partial charge in [0.2, 0.25) is 0 Å². The number of esters is 1. The van der Waals surface area contributed by atoms with Crippen LogP contribution in [0.25, 0.3) is 0 Å². The van der Waals surface area contributed by atoms with E-state index < -0.39 is 11.9 Å². The largest absolute Gasteiger partial charge is 0.465 e. The number of nitriles is 1.